The van der Waals surface area contributed by atoms with Crippen LogP contribution < -0.4 is 10.6 Å². The number of carbonyl (C=O) groups is 1. The standard InChI is InChI=1S/C13H25N3O.ClH/c1-10-12(6-3-7-14-10)13(17)15-9-11-5-4-8-16(11)2;/h10-12,14H,3-9H2,1-2H3,(H,15,17);1H. The molecule has 18 heavy (non-hydrogen) atoms. The maximum Gasteiger partial charge on any atom is 0.224 e. The van der Waals surface area contributed by atoms with Crippen LogP contribution in [0.1, 0.15) is 32.6 Å². The number of halogens is 1. The molecule has 2 saturated heterocycles. The second kappa shape index (κ2) is 7.31. The Morgan fingerprint density at radius 3 is 2.78 bits per heavy atom. The predicted molar refractivity (Wildman–Crippen MR) is 76.1 cm³/mol. The molecule has 5 heteroatoms. The lowest BCUT2D eigenvalue weighted by atomic mass is 9.91. The van der Waals surface area contributed by atoms with Crippen molar-refractivity contribution in [2.45, 2.75) is 44.7 Å². The van der Waals surface area contributed by atoms with E-state index in [-0.39, 0.29) is 24.2 Å². The minimum Gasteiger partial charge on any atom is -0.354 e. The van der Waals surface area contributed by atoms with Crippen LogP contribution in [0.2, 0.25) is 0 Å². The number of carbonyl (C=O) groups excluding carboxylic acids is 1. The molecule has 0 bridgehead atoms. The van der Waals surface area contributed by atoms with Crippen LogP contribution >= 0.6 is 12.4 Å². The summed E-state index contributed by atoms with van der Waals surface area (Å²) in [6.45, 7) is 5.15. The maximum absolute atomic E-state index is 12.1. The minimum atomic E-state index is 0. The first kappa shape index (κ1) is 15.7. The second-order valence-corrected chi connectivity index (χ2v) is 5.51. The molecular weight excluding hydrogens is 250 g/mol. The third-order valence-electron chi connectivity index (χ3n) is 4.28. The largest absolute Gasteiger partial charge is 0.354 e. The van der Waals surface area contributed by atoms with Gasteiger partial charge in [0.15, 0.2) is 0 Å². The first-order valence-corrected chi connectivity index (χ1v) is 6.90. The van der Waals surface area contributed by atoms with Gasteiger partial charge in [-0.25, -0.2) is 0 Å². The summed E-state index contributed by atoms with van der Waals surface area (Å²) in [6, 6.07) is 0.871. The zero-order chi connectivity index (χ0) is 12.3. The van der Waals surface area contributed by atoms with Crippen molar-refractivity contribution in [3.8, 4) is 0 Å². The Balaban J connectivity index is 0.00000162. The number of nitrogens with zero attached hydrogens (tertiary/aromatic N) is 1. The zero-order valence-corrected chi connectivity index (χ0v) is 12.3. The van der Waals surface area contributed by atoms with Crippen molar-refractivity contribution in [3.63, 3.8) is 0 Å². The fourth-order valence-electron chi connectivity index (χ4n) is 2.99. The van der Waals surface area contributed by atoms with Gasteiger partial charge in [0.1, 0.15) is 0 Å². The molecule has 3 atom stereocenters. The van der Waals surface area contributed by atoms with Crippen molar-refractivity contribution in [1.82, 2.24) is 15.5 Å². The molecule has 2 rings (SSSR count). The van der Waals surface area contributed by atoms with Crippen LogP contribution in [0.4, 0.5) is 0 Å². The van der Waals surface area contributed by atoms with Gasteiger partial charge in [-0.05, 0) is 52.7 Å². The van der Waals surface area contributed by atoms with Gasteiger partial charge in [0.25, 0.3) is 0 Å². The molecule has 2 N–H and O–H groups in total. The molecule has 106 valence electrons. The van der Waals surface area contributed by atoms with Gasteiger partial charge in [-0.2, -0.15) is 0 Å². The van der Waals surface area contributed by atoms with E-state index in [1.807, 2.05) is 0 Å². The molecule has 2 fully saturated rings. The quantitative estimate of drug-likeness (QED) is 0.808. The van der Waals surface area contributed by atoms with Gasteiger partial charge >= 0.3 is 0 Å². The Bertz CT molecular complexity index is 275. The highest BCUT2D eigenvalue weighted by molar-refractivity contribution is 5.85. The van der Waals surface area contributed by atoms with Crippen LogP contribution in [0.5, 0.6) is 0 Å². The highest BCUT2D eigenvalue weighted by atomic mass is 35.5. The Labute approximate surface area is 116 Å². The number of likely N-dealkylation sites (N-methyl/N-ethyl adjacent to an activating group) is 1. The molecule has 2 aliphatic rings. The molecule has 2 aliphatic heterocycles. The van der Waals surface area contributed by atoms with Gasteiger partial charge in [0, 0.05) is 18.6 Å². The van der Waals surface area contributed by atoms with Gasteiger partial charge in [-0.15, -0.1) is 12.4 Å². The number of amides is 1. The summed E-state index contributed by atoms with van der Waals surface area (Å²) in [5.74, 6) is 0.403. The molecule has 4 nitrogen and oxygen atoms in total. The summed E-state index contributed by atoms with van der Waals surface area (Å²) < 4.78 is 0. The molecular formula is C13H26ClN3O. The molecule has 0 aromatic carbocycles. The SMILES string of the molecule is CC1NCCCC1C(=O)NCC1CCCN1C.Cl. The Morgan fingerprint density at radius 2 is 2.17 bits per heavy atom. The smallest absolute Gasteiger partial charge is 0.224 e. The summed E-state index contributed by atoms with van der Waals surface area (Å²) in [7, 11) is 2.15. The first-order valence-electron chi connectivity index (χ1n) is 6.90. The summed E-state index contributed by atoms with van der Waals surface area (Å²) >= 11 is 0. The van der Waals surface area contributed by atoms with E-state index in [0.29, 0.717) is 12.1 Å². The average Bonchev–Trinajstić information content (AvgIpc) is 2.72. The summed E-state index contributed by atoms with van der Waals surface area (Å²) in [5.41, 5.74) is 0. The van der Waals surface area contributed by atoms with E-state index >= 15 is 0 Å². The lowest BCUT2D eigenvalue weighted by molar-refractivity contribution is -0.126. The molecule has 0 aromatic rings. The van der Waals surface area contributed by atoms with E-state index in [1.165, 1.54) is 19.4 Å². The fraction of sp³-hybridized carbons (Fsp3) is 0.923. The van der Waals surface area contributed by atoms with Crippen LogP contribution in [-0.4, -0.2) is 49.6 Å². The van der Waals surface area contributed by atoms with Crippen molar-refractivity contribution in [2.24, 2.45) is 5.92 Å². The van der Waals surface area contributed by atoms with Gasteiger partial charge < -0.3 is 15.5 Å². The average molecular weight is 276 g/mol. The van der Waals surface area contributed by atoms with Gasteiger partial charge in [-0.1, -0.05) is 0 Å². The molecule has 2 heterocycles. The number of piperidine rings is 1. The normalized spacial score (nSPS) is 32.9. The topological polar surface area (TPSA) is 44.4 Å². The van der Waals surface area contributed by atoms with E-state index < -0.39 is 0 Å². The lowest BCUT2D eigenvalue weighted by Gasteiger charge is -2.29. The Kier molecular flexibility index (Phi) is 6.39. The molecule has 0 aromatic heterocycles. The Hall–Kier alpha value is -0.320. The molecule has 1 amide bonds. The summed E-state index contributed by atoms with van der Waals surface area (Å²) in [6.07, 6.45) is 4.62. The first-order chi connectivity index (χ1) is 8.18. The predicted octanol–water partition coefficient (Wildman–Crippen LogP) is 1.01. The maximum atomic E-state index is 12.1. The van der Waals surface area contributed by atoms with Gasteiger partial charge in [-0.3, -0.25) is 4.79 Å². The van der Waals surface area contributed by atoms with Crippen LogP contribution in [0.25, 0.3) is 0 Å². The van der Waals surface area contributed by atoms with Crippen LogP contribution in [0.3, 0.4) is 0 Å². The number of likely N-dealkylation sites (tertiary alicyclic amines) is 1. The van der Waals surface area contributed by atoms with E-state index in [1.54, 1.807) is 0 Å². The third-order valence-corrected chi connectivity index (χ3v) is 4.28. The van der Waals surface area contributed by atoms with Crippen molar-refractivity contribution in [3.05, 3.63) is 0 Å². The van der Waals surface area contributed by atoms with E-state index in [4.69, 9.17) is 0 Å². The Morgan fingerprint density at radius 1 is 1.39 bits per heavy atom. The highest BCUT2D eigenvalue weighted by Crippen LogP contribution is 2.17. The third kappa shape index (κ3) is 3.84. The van der Waals surface area contributed by atoms with Crippen LogP contribution in [-0.2, 0) is 4.79 Å². The molecule has 0 aliphatic carbocycles. The number of hydrogen-bond acceptors (Lipinski definition) is 3. The number of hydrogen-bond donors (Lipinski definition) is 2. The van der Waals surface area contributed by atoms with E-state index in [2.05, 4.69) is 29.5 Å². The summed E-state index contributed by atoms with van der Waals surface area (Å²) in [4.78, 5) is 14.5. The lowest BCUT2D eigenvalue weighted by Crippen LogP contribution is -2.48. The molecule has 0 saturated carbocycles. The van der Waals surface area contributed by atoms with Crippen LogP contribution in [0, 0.1) is 5.92 Å². The molecule has 3 unspecified atom stereocenters. The molecule has 0 radical (unpaired) electrons. The van der Waals surface area contributed by atoms with Crippen molar-refractivity contribution in [1.29, 1.82) is 0 Å². The molecule has 0 spiro atoms. The van der Waals surface area contributed by atoms with E-state index in [9.17, 15) is 4.79 Å². The highest BCUT2D eigenvalue weighted by Gasteiger charge is 2.28. The summed E-state index contributed by atoms with van der Waals surface area (Å²) in [5, 5.41) is 6.51. The number of nitrogens with one attached hydrogen (secondary N) is 2. The van der Waals surface area contributed by atoms with Gasteiger partial charge in [0.2, 0.25) is 5.91 Å². The van der Waals surface area contributed by atoms with Gasteiger partial charge in [0.05, 0.1) is 5.92 Å². The monoisotopic (exact) mass is 275 g/mol. The zero-order valence-electron chi connectivity index (χ0n) is 11.4. The van der Waals surface area contributed by atoms with Crippen molar-refractivity contribution in [2.75, 3.05) is 26.7 Å². The minimum absolute atomic E-state index is 0. The van der Waals surface area contributed by atoms with Crippen molar-refractivity contribution < 1.29 is 4.79 Å². The number of rotatable bonds is 3. The van der Waals surface area contributed by atoms with Crippen LogP contribution in [0.15, 0.2) is 0 Å². The second-order valence-electron chi connectivity index (χ2n) is 5.51. The fourth-order valence-corrected chi connectivity index (χ4v) is 2.99. The van der Waals surface area contributed by atoms with Crippen molar-refractivity contribution >= 4 is 18.3 Å². The van der Waals surface area contributed by atoms with E-state index in [0.717, 1.165) is 25.9 Å².